The molecule has 104 valence electrons. The molecule has 1 aromatic carbocycles. The van der Waals surface area contributed by atoms with E-state index in [1.165, 1.54) is 18.2 Å². The lowest BCUT2D eigenvalue weighted by molar-refractivity contribution is -0.385. The minimum absolute atomic E-state index is 0.0546. The number of carbonyl (C=O) groups is 1. The van der Waals surface area contributed by atoms with Gasteiger partial charge in [0.05, 0.1) is 9.95 Å². The number of carbonyl (C=O) groups excluding carboxylic acids is 1. The van der Waals surface area contributed by atoms with Gasteiger partial charge in [0.2, 0.25) is 0 Å². The summed E-state index contributed by atoms with van der Waals surface area (Å²) in [6, 6.07) is 3.91. The molecule has 0 fully saturated rings. The summed E-state index contributed by atoms with van der Waals surface area (Å²) in [5.41, 5.74) is 5.11. The zero-order valence-corrected chi connectivity index (χ0v) is 11.3. The SMILES string of the molecule is CCCC(CN)NC(=O)c1c(Cl)cccc1[N+](=O)[O-]. The second kappa shape index (κ2) is 7.06. The Kier molecular flexibility index (Phi) is 5.72. The van der Waals surface area contributed by atoms with Gasteiger partial charge in [-0.3, -0.25) is 14.9 Å². The largest absolute Gasteiger partial charge is 0.348 e. The van der Waals surface area contributed by atoms with Gasteiger partial charge in [-0.25, -0.2) is 0 Å². The van der Waals surface area contributed by atoms with Gasteiger partial charge in [-0.1, -0.05) is 31.0 Å². The van der Waals surface area contributed by atoms with Crippen molar-refractivity contribution in [3.8, 4) is 0 Å². The molecule has 0 bridgehead atoms. The van der Waals surface area contributed by atoms with Gasteiger partial charge < -0.3 is 11.1 Å². The van der Waals surface area contributed by atoms with Gasteiger partial charge in [0.15, 0.2) is 0 Å². The molecular weight excluding hydrogens is 270 g/mol. The number of nitrogens with zero attached hydrogens (tertiary/aromatic N) is 1. The molecule has 0 spiro atoms. The van der Waals surface area contributed by atoms with Crippen LogP contribution in [0, 0.1) is 10.1 Å². The van der Waals surface area contributed by atoms with Gasteiger partial charge in [0.1, 0.15) is 5.56 Å². The number of nitrogens with two attached hydrogens (primary N) is 1. The highest BCUT2D eigenvalue weighted by molar-refractivity contribution is 6.34. The number of nitrogens with one attached hydrogen (secondary N) is 1. The summed E-state index contributed by atoms with van der Waals surface area (Å²) in [5, 5.41) is 13.6. The smallest absolute Gasteiger partial charge is 0.283 e. The molecule has 0 aliphatic carbocycles. The topological polar surface area (TPSA) is 98.3 Å². The lowest BCUT2D eigenvalue weighted by Crippen LogP contribution is -2.40. The van der Waals surface area contributed by atoms with E-state index in [1.807, 2.05) is 6.92 Å². The number of nitro benzene ring substituents is 1. The van der Waals surface area contributed by atoms with Crippen molar-refractivity contribution in [3.63, 3.8) is 0 Å². The predicted molar refractivity (Wildman–Crippen MR) is 73.3 cm³/mol. The Morgan fingerprint density at radius 2 is 2.26 bits per heavy atom. The summed E-state index contributed by atoms with van der Waals surface area (Å²) in [5.74, 6) is -0.568. The zero-order valence-electron chi connectivity index (χ0n) is 10.6. The van der Waals surface area contributed by atoms with E-state index in [1.54, 1.807) is 0 Å². The molecule has 1 unspecified atom stereocenters. The third-order valence-electron chi connectivity index (χ3n) is 2.67. The van der Waals surface area contributed by atoms with Gasteiger partial charge in [0.25, 0.3) is 11.6 Å². The van der Waals surface area contributed by atoms with Crippen molar-refractivity contribution in [2.24, 2.45) is 5.73 Å². The molecule has 1 rings (SSSR count). The van der Waals surface area contributed by atoms with Crippen molar-refractivity contribution in [2.75, 3.05) is 6.54 Å². The van der Waals surface area contributed by atoms with E-state index < -0.39 is 10.8 Å². The Hall–Kier alpha value is -1.66. The fraction of sp³-hybridized carbons (Fsp3) is 0.417. The first-order valence-electron chi connectivity index (χ1n) is 5.95. The van der Waals surface area contributed by atoms with Crippen LogP contribution in [0.3, 0.4) is 0 Å². The minimum Gasteiger partial charge on any atom is -0.348 e. The quantitative estimate of drug-likeness (QED) is 0.617. The maximum atomic E-state index is 12.1. The van der Waals surface area contributed by atoms with Gasteiger partial charge in [0, 0.05) is 18.7 Å². The van der Waals surface area contributed by atoms with Crippen molar-refractivity contribution < 1.29 is 9.72 Å². The first kappa shape index (κ1) is 15.4. The lowest BCUT2D eigenvalue weighted by atomic mass is 10.1. The molecule has 0 heterocycles. The van der Waals surface area contributed by atoms with E-state index in [0.717, 1.165) is 6.42 Å². The predicted octanol–water partition coefficient (Wildman–Crippen LogP) is 2.11. The number of hydrogen-bond acceptors (Lipinski definition) is 4. The van der Waals surface area contributed by atoms with Gasteiger partial charge >= 0.3 is 0 Å². The summed E-state index contributed by atoms with van der Waals surface area (Å²) < 4.78 is 0. The van der Waals surface area contributed by atoms with E-state index in [0.29, 0.717) is 6.42 Å². The molecular formula is C12H16ClN3O3. The molecule has 0 aliphatic rings. The molecule has 1 atom stereocenters. The monoisotopic (exact) mass is 285 g/mol. The lowest BCUT2D eigenvalue weighted by Gasteiger charge is -2.16. The van der Waals surface area contributed by atoms with Gasteiger partial charge in [-0.15, -0.1) is 0 Å². The fourth-order valence-electron chi connectivity index (χ4n) is 1.74. The first-order chi connectivity index (χ1) is 9.01. The van der Waals surface area contributed by atoms with Crippen LogP contribution in [0.1, 0.15) is 30.1 Å². The van der Waals surface area contributed by atoms with Crippen LogP contribution in [0.5, 0.6) is 0 Å². The van der Waals surface area contributed by atoms with Crippen LogP contribution in [-0.2, 0) is 0 Å². The third-order valence-corrected chi connectivity index (χ3v) is 2.99. The summed E-state index contributed by atoms with van der Waals surface area (Å²) in [6.45, 7) is 2.24. The highest BCUT2D eigenvalue weighted by Crippen LogP contribution is 2.26. The summed E-state index contributed by atoms with van der Waals surface area (Å²) in [6.07, 6.45) is 1.56. The highest BCUT2D eigenvalue weighted by atomic mass is 35.5. The maximum Gasteiger partial charge on any atom is 0.283 e. The van der Waals surface area contributed by atoms with Crippen LogP contribution in [0.25, 0.3) is 0 Å². The second-order valence-electron chi connectivity index (χ2n) is 4.09. The zero-order chi connectivity index (χ0) is 14.4. The molecule has 7 heteroatoms. The van der Waals surface area contributed by atoms with E-state index in [4.69, 9.17) is 17.3 Å². The van der Waals surface area contributed by atoms with E-state index in [-0.39, 0.29) is 28.9 Å². The van der Waals surface area contributed by atoms with Crippen molar-refractivity contribution in [1.29, 1.82) is 0 Å². The molecule has 0 saturated heterocycles. The van der Waals surface area contributed by atoms with Crippen LogP contribution in [-0.4, -0.2) is 23.4 Å². The van der Waals surface area contributed by atoms with Crippen LogP contribution < -0.4 is 11.1 Å². The Bertz CT molecular complexity index is 479. The molecule has 6 nitrogen and oxygen atoms in total. The molecule has 0 radical (unpaired) electrons. The molecule has 0 aliphatic heterocycles. The highest BCUT2D eigenvalue weighted by Gasteiger charge is 2.24. The normalized spacial score (nSPS) is 11.9. The fourth-order valence-corrected chi connectivity index (χ4v) is 2.00. The Morgan fingerprint density at radius 1 is 1.58 bits per heavy atom. The van der Waals surface area contributed by atoms with E-state index in [2.05, 4.69) is 5.32 Å². The number of halogens is 1. The molecule has 0 aromatic heterocycles. The number of amides is 1. The Morgan fingerprint density at radius 3 is 2.79 bits per heavy atom. The number of nitro groups is 1. The summed E-state index contributed by atoms with van der Waals surface area (Å²) in [7, 11) is 0. The van der Waals surface area contributed by atoms with E-state index >= 15 is 0 Å². The number of benzene rings is 1. The molecule has 1 amide bonds. The molecule has 3 N–H and O–H groups in total. The average Bonchev–Trinajstić information content (AvgIpc) is 2.37. The van der Waals surface area contributed by atoms with Gasteiger partial charge in [-0.2, -0.15) is 0 Å². The number of rotatable bonds is 6. The Labute approximate surface area is 116 Å². The standard InChI is InChI=1S/C12H16ClN3O3/c1-2-4-8(7-14)15-12(17)11-9(13)5-3-6-10(11)16(18)19/h3,5-6,8H,2,4,7,14H2,1H3,(H,15,17). The van der Waals surface area contributed by atoms with Crippen molar-refractivity contribution in [2.45, 2.75) is 25.8 Å². The third kappa shape index (κ3) is 3.90. The van der Waals surface area contributed by atoms with Crippen molar-refractivity contribution >= 4 is 23.2 Å². The van der Waals surface area contributed by atoms with Crippen LogP contribution in [0.4, 0.5) is 5.69 Å². The van der Waals surface area contributed by atoms with Gasteiger partial charge in [-0.05, 0) is 12.5 Å². The van der Waals surface area contributed by atoms with Crippen LogP contribution in [0.15, 0.2) is 18.2 Å². The maximum absolute atomic E-state index is 12.1. The first-order valence-corrected chi connectivity index (χ1v) is 6.32. The Balaban J connectivity index is 3.02. The average molecular weight is 286 g/mol. The van der Waals surface area contributed by atoms with Crippen molar-refractivity contribution in [1.82, 2.24) is 5.32 Å². The second-order valence-corrected chi connectivity index (χ2v) is 4.49. The van der Waals surface area contributed by atoms with E-state index in [9.17, 15) is 14.9 Å². The van der Waals surface area contributed by atoms with Crippen LogP contribution >= 0.6 is 11.6 Å². The number of hydrogen-bond donors (Lipinski definition) is 2. The summed E-state index contributed by atoms with van der Waals surface area (Å²) in [4.78, 5) is 22.4. The minimum atomic E-state index is -0.627. The molecule has 0 saturated carbocycles. The molecule has 19 heavy (non-hydrogen) atoms. The molecule has 1 aromatic rings. The van der Waals surface area contributed by atoms with Crippen molar-refractivity contribution in [3.05, 3.63) is 38.9 Å². The summed E-state index contributed by atoms with van der Waals surface area (Å²) >= 11 is 5.88. The van der Waals surface area contributed by atoms with Crippen LogP contribution in [0.2, 0.25) is 5.02 Å².